The van der Waals surface area contributed by atoms with E-state index in [1.165, 1.54) is 11.5 Å². The second kappa shape index (κ2) is 4.81. The Morgan fingerprint density at radius 3 is 3.06 bits per heavy atom. The van der Waals surface area contributed by atoms with Crippen LogP contribution in [0.25, 0.3) is 0 Å². The van der Waals surface area contributed by atoms with E-state index >= 15 is 0 Å². The summed E-state index contributed by atoms with van der Waals surface area (Å²) in [4.78, 5) is 4.36. The normalized spacial score (nSPS) is 12.7. The Kier molecular flexibility index (Phi) is 3.02. The maximum atomic E-state index is 5.34. The first-order valence-electron chi connectivity index (χ1n) is 5.80. The summed E-state index contributed by atoms with van der Waals surface area (Å²) >= 11 is 1.39. The van der Waals surface area contributed by atoms with Crippen LogP contribution >= 0.6 is 11.5 Å². The summed E-state index contributed by atoms with van der Waals surface area (Å²) < 4.78 is 14.8. The molecule has 94 valence electrons. The Bertz CT molecular complexity index is 556. The molecular weight excluding hydrogens is 250 g/mol. The molecule has 0 bridgehead atoms. The van der Waals surface area contributed by atoms with Crippen LogP contribution in [0.5, 0.6) is 11.5 Å². The Morgan fingerprint density at radius 1 is 1.33 bits per heavy atom. The standard InChI is InChI=1S/C12H13N3O2S/c1-2-11-14-12(18-15-11)13-6-8-3-4-9-10(5-8)17-7-16-9/h3-5H,2,6-7H2,1H3,(H,13,14,15). The lowest BCUT2D eigenvalue weighted by atomic mass is 10.2. The molecule has 0 unspecified atom stereocenters. The zero-order valence-electron chi connectivity index (χ0n) is 9.97. The van der Waals surface area contributed by atoms with Gasteiger partial charge in [0.25, 0.3) is 0 Å². The molecule has 0 fully saturated rings. The highest BCUT2D eigenvalue weighted by Gasteiger charge is 2.13. The van der Waals surface area contributed by atoms with Crippen molar-refractivity contribution in [3.8, 4) is 11.5 Å². The van der Waals surface area contributed by atoms with Crippen molar-refractivity contribution >= 4 is 16.7 Å². The molecule has 1 aliphatic rings. The predicted molar refractivity (Wildman–Crippen MR) is 69.2 cm³/mol. The van der Waals surface area contributed by atoms with Gasteiger partial charge in [-0.15, -0.1) is 0 Å². The molecule has 1 aliphatic heterocycles. The van der Waals surface area contributed by atoms with Gasteiger partial charge in [0.15, 0.2) is 11.5 Å². The van der Waals surface area contributed by atoms with Crippen LogP contribution in [0.3, 0.4) is 0 Å². The number of anilines is 1. The summed E-state index contributed by atoms with van der Waals surface area (Å²) in [5.74, 6) is 2.50. The van der Waals surface area contributed by atoms with Crippen molar-refractivity contribution in [1.29, 1.82) is 0 Å². The maximum absolute atomic E-state index is 5.34. The van der Waals surface area contributed by atoms with E-state index in [-0.39, 0.29) is 0 Å². The number of nitrogens with zero attached hydrogens (tertiary/aromatic N) is 2. The first kappa shape index (κ1) is 11.3. The number of hydrogen-bond donors (Lipinski definition) is 1. The van der Waals surface area contributed by atoms with Gasteiger partial charge in [0.05, 0.1) is 0 Å². The molecule has 5 nitrogen and oxygen atoms in total. The Balaban J connectivity index is 1.66. The van der Waals surface area contributed by atoms with Gasteiger partial charge in [0, 0.05) is 24.5 Å². The molecule has 18 heavy (non-hydrogen) atoms. The number of aromatic nitrogens is 2. The second-order valence-electron chi connectivity index (χ2n) is 3.91. The topological polar surface area (TPSA) is 56.3 Å². The van der Waals surface area contributed by atoms with Gasteiger partial charge < -0.3 is 14.8 Å². The minimum absolute atomic E-state index is 0.308. The molecule has 0 radical (unpaired) electrons. The van der Waals surface area contributed by atoms with Crippen molar-refractivity contribution in [1.82, 2.24) is 9.36 Å². The van der Waals surface area contributed by atoms with Crippen molar-refractivity contribution in [3.05, 3.63) is 29.6 Å². The van der Waals surface area contributed by atoms with Crippen LogP contribution in [-0.2, 0) is 13.0 Å². The van der Waals surface area contributed by atoms with Gasteiger partial charge in [0.1, 0.15) is 5.82 Å². The predicted octanol–water partition coefficient (Wildman–Crippen LogP) is 2.44. The first-order valence-corrected chi connectivity index (χ1v) is 6.57. The highest BCUT2D eigenvalue weighted by molar-refractivity contribution is 7.09. The zero-order valence-corrected chi connectivity index (χ0v) is 10.8. The Labute approximate surface area is 109 Å². The molecule has 0 atom stereocenters. The summed E-state index contributed by atoms with van der Waals surface area (Å²) in [5, 5.41) is 4.11. The average molecular weight is 263 g/mol. The lowest BCUT2D eigenvalue weighted by Gasteiger charge is -2.03. The van der Waals surface area contributed by atoms with Gasteiger partial charge in [-0.2, -0.15) is 4.37 Å². The van der Waals surface area contributed by atoms with Gasteiger partial charge in [-0.05, 0) is 17.7 Å². The van der Waals surface area contributed by atoms with Crippen LogP contribution in [0.2, 0.25) is 0 Å². The minimum Gasteiger partial charge on any atom is -0.454 e. The van der Waals surface area contributed by atoms with E-state index in [2.05, 4.69) is 14.7 Å². The summed E-state index contributed by atoms with van der Waals surface area (Å²) in [7, 11) is 0. The van der Waals surface area contributed by atoms with Gasteiger partial charge in [0.2, 0.25) is 11.9 Å². The quantitative estimate of drug-likeness (QED) is 0.918. The molecule has 1 aromatic heterocycles. The molecule has 2 heterocycles. The largest absolute Gasteiger partial charge is 0.454 e. The molecular formula is C12H13N3O2S. The van der Waals surface area contributed by atoms with Crippen LogP contribution in [0.1, 0.15) is 18.3 Å². The minimum atomic E-state index is 0.308. The maximum Gasteiger partial charge on any atom is 0.231 e. The van der Waals surface area contributed by atoms with E-state index in [9.17, 15) is 0 Å². The van der Waals surface area contributed by atoms with Crippen LogP contribution < -0.4 is 14.8 Å². The van der Waals surface area contributed by atoms with E-state index in [1.807, 2.05) is 25.1 Å². The van der Waals surface area contributed by atoms with E-state index in [0.717, 1.165) is 34.4 Å². The second-order valence-corrected chi connectivity index (χ2v) is 4.66. The highest BCUT2D eigenvalue weighted by atomic mass is 32.1. The van der Waals surface area contributed by atoms with Gasteiger partial charge in [-0.25, -0.2) is 4.98 Å². The third-order valence-corrected chi connectivity index (χ3v) is 3.38. The molecule has 3 rings (SSSR count). The van der Waals surface area contributed by atoms with Gasteiger partial charge in [-0.1, -0.05) is 13.0 Å². The smallest absolute Gasteiger partial charge is 0.231 e. The van der Waals surface area contributed by atoms with Crippen molar-refractivity contribution in [3.63, 3.8) is 0 Å². The number of benzene rings is 1. The molecule has 0 spiro atoms. The highest BCUT2D eigenvalue weighted by Crippen LogP contribution is 2.32. The fourth-order valence-electron chi connectivity index (χ4n) is 1.70. The average Bonchev–Trinajstić information content (AvgIpc) is 3.04. The number of aryl methyl sites for hydroxylation is 1. The van der Waals surface area contributed by atoms with Gasteiger partial charge >= 0.3 is 0 Å². The monoisotopic (exact) mass is 263 g/mol. The van der Waals surface area contributed by atoms with Gasteiger partial charge in [-0.3, -0.25) is 0 Å². The Hall–Kier alpha value is -1.82. The van der Waals surface area contributed by atoms with Crippen molar-refractivity contribution in [2.75, 3.05) is 12.1 Å². The summed E-state index contributed by atoms with van der Waals surface area (Å²) in [5.41, 5.74) is 1.13. The number of nitrogens with one attached hydrogen (secondary N) is 1. The summed E-state index contributed by atoms with van der Waals surface area (Å²) in [6, 6.07) is 5.93. The molecule has 0 amide bonds. The van der Waals surface area contributed by atoms with Crippen molar-refractivity contribution < 1.29 is 9.47 Å². The van der Waals surface area contributed by atoms with E-state index in [1.54, 1.807) is 0 Å². The van der Waals surface area contributed by atoms with Crippen LogP contribution in [0.4, 0.5) is 5.13 Å². The number of hydrogen-bond acceptors (Lipinski definition) is 6. The summed E-state index contributed by atoms with van der Waals surface area (Å²) in [6.07, 6.45) is 0.863. The molecule has 0 saturated heterocycles. The first-order chi connectivity index (χ1) is 8.85. The number of fused-ring (bicyclic) bond motifs is 1. The Morgan fingerprint density at radius 2 is 2.22 bits per heavy atom. The third kappa shape index (κ3) is 2.24. The molecule has 1 N–H and O–H groups in total. The van der Waals surface area contributed by atoms with E-state index < -0.39 is 0 Å². The third-order valence-electron chi connectivity index (χ3n) is 2.67. The van der Waals surface area contributed by atoms with Crippen molar-refractivity contribution in [2.24, 2.45) is 0 Å². The number of ether oxygens (including phenoxy) is 2. The van der Waals surface area contributed by atoms with Crippen LogP contribution in [-0.4, -0.2) is 16.2 Å². The lowest BCUT2D eigenvalue weighted by Crippen LogP contribution is -1.99. The molecule has 0 aliphatic carbocycles. The zero-order chi connectivity index (χ0) is 12.4. The van der Waals surface area contributed by atoms with Crippen LogP contribution in [0, 0.1) is 0 Å². The summed E-state index contributed by atoms with van der Waals surface area (Å²) in [6.45, 7) is 3.06. The SMILES string of the molecule is CCc1nsc(NCc2ccc3c(c2)OCO3)n1. The van der Waals surface area contributed by atoms with E-state index in [0.29, 0.717) is 13.3 Å². The lowest BCUT2D eigenvalue weighted by molar-refractivity contribution is 0.174. The fourth-order valence-corrected chi connectivity index (χ4v) is 2.34. The molecule has 1 aromatic carbocycles. The van der Waals surface area contributed by atoms with E-state index in [4.69, 9.17) is 9.47 Å². The van der Waals surface area contributed by atoms with Crippen LogP contribution in [0.15, 0.2) is 18.2 Å². The molecule has 6 heteroatoms. The number of rotatable bonds is 4. The molecule has 0 saturated carbocycles. The fraction of sp³-hybridized carbons (Fsp3) is 0.333. The van der Waals surface area contributed by atoms with Crippen molar-refractivity contribution in [2.45, 2.75) is 19.9 Å². The molecule has 2 aromatic rings.